The highest BCUT2D eigenvalue weighted by atomic mass is 19.1. The van der Waals surface area contributed by atoms with Crippen molar-refractivity contribution in [3.05, 3.63) is 75.1 Å². The van der Waals surface area contributed by atoms with Gasteiger partial charge in [0.05, 0.1) is 30.2 Å². The molecule has 0 aliphatic carbocycles. The molecule has 29 heavy (non-hydrogen) atoms. The van der Waals surface area contributed by atoms with Crippen molar-refractivity contribution in [2.75, 3.05) is 12.4 Å². The highest BCUT2D eigenvalue weighted by Gasteiger charge is 2.32. The van der Waals surface area contributed by atoms with Crippen molar-refractivity contribution in [2.24, 2.45) is 0 Å². The molecule has 1 aromatic carbocycles. The third kappa shape index (κ3) is 3.32. The average Bonchev–Trinajstić information content (AvgIpc) is 3.12. The third-order valence-corrected chi connectivity index (χ3v) is 4.97. The molecule has 0 spiro atoms. The van der Waals surface area contributed by atoms with E-state index >= 15 is 0 Å². The fraction of sp³-hybridized carbons (Fsp3) is 0.250. The van der Waals surface area contributed by atoms with Crippen LogP contribution in [0.25, 0.3) is 0 Å². The van der Waals surface area contributed by atoms with Gasteiger partial charge >= 0.3 is 5.56 Å². The molecular weight excluding hydrogens is 385 g/mol. The molecule has 4 rings (SSSR count). The molecule has 150 valence electrons. The van der Waals surface area contributed by atoms with Crippen LogP contribution in [-0.2, 0) is 6.42 Å². The SMILES string of the molecule is COc1ccc(Nc2nc(=O)c(F)c3n2C(c2ccc(F)cc2F)CC3)c(C)n1. The maximum absolute atomic E-state index is 14.4. The molecule has 6 nitrogen and oxygen atoms in total. The van der Waals surface area contributed by atoms with E-state index in [0.29, 0.717) is 23.7 Å². The summed E-state index contributed by atoms with van der Waals surface area (Å²) in [5.74, 6) is -1.94. The van der Waals surface area contributed by atoms with Crippen LogP contribution >= 0.6 is 0 Å². The standard InChI is InChI=1S/C20H17F3N4O2/c1-10-14(5-8-17(24-10)29-2)25-20-26-19(28)18(23)16-7-6-15(27(16)20)12-4-3-11(21)9-13(12)22/h3-5,8-9,15H,6-7H2,1-2H3,(H,25,26,28). The number of halogens is 3. The summed E-state index contributed by atoms with van der Waals surface area (Å²) in [5, 5.41) is 2.99. The van der Waals surface area contributed by atoms with E-state index in [9.17, 15) is 18.0 Å². The van der Waals surface area contributed by atoms with Crippen LogP contribution in [0, 0.1) is 24.4 Å². The minimum Gasteiger partial charge on any atom is -0.481 e. The Kier molecular flexibility index (Phi) is 4.73. The average molecular weight is 402 g/mol. The minimum atomic E-state index is -1.00. The lowest BCUT2D eigenvalue weighted by Gasteiger charge is -2.21. The molecule has 1 aliphatic heterocycles. The first-order chi connectivity index (χ1) is 13.9. The van der Waals surface area contributed by atoms with E-state index in [1.807, 2.05) is 0 Å². The maximum atomic E-state index is 14.4. The third-order valence-electron chi connectivity index (χ3n) is 4.97. The molecule has 0 saturated heterocycles. The number of aromatic nitrogens is 3. The van der Waals surface area contributed by atoms with E-state index < -0.39 is 29.1 Å². The zero-order valence-electron chi connectivity index (χ0n) is 15.7. The van der Waals surface area contributed by atoms with Gasteiger partial charge in [-0.3, -0.25) is 4.79 Å². The molecule has 1 unspecified atom stereocenters. The summed E-state index contributed by atoms with van der Waals surface area (Å²) >= 11 is 0. The van der Waals surface area contributed by atoms with Crippen LogP contribution < -0.4 is 15.6 Å². The van der Waals surface area contributed by atoms with Crippen molar-refractivity contribution in [1.82, 2.24) is 14.5 Å². The monoisotopic (exact) mass is 402 g/mol. The molecule has 3 aromatic rings. The quantitative estimate of drug-likeness (QED) is 0.722. The zero-order valence-corrected chi connectivity index (χ0v) is 15.7. The number of nitrogens with one attached hydrogen (secondary N) is 1. The van der Waals surface area contributed by atoms with E-state index in [1.54, 1.807) is 19.1 Å². The van der Waals surface area contributed by atoms with Crippen LogP contribution in [0.2, 0.25) is 0 Å². The Morgan fingerprint density at radius 1 is 1.17 bits per heavy atom. The smallest absolute Gasteiger partial charge is 0.310 e. The topological polar surface area (TPSA) is 69.0 Å². The molecule has 0 saturated carbocycles. The van der Waals surface area contributed by atoms with Crippen molar-refractivity contribution >= 4 is 11.6 Å². The second kappa shape index (κ2) is 7.23. The van der Waals surface area contributed by atoms with Gasteiger partial charge in [0.15, 0.2) is 0 Å². The van der Waals surface area contributed by atoms with Crippen molar-refractivity contribution in [3.63, 3.8) is 0 Å². The van der Waals surface area contributed by atoms with E-state index in [-0.39, 0.29) is 23.6 Å². The van der Waals surface area contributed by atoms with Gasteiger partial charge in [0.1, 0.15) is 11.6 Å². The van der Waals surface area contributed by atoms with E-state index in [0.717, 1.165) is 12.1 Å². The zero-order chi connectivity index (χ0) is 20.7. The van der Waals surface area contributed by atoms with Gasteiger partial charge in [0, 0.05) is 17.7 Å². The van der Waals surface area contributed by atoms with Gasteiger partial charge in [-0.25, -0.2) is 13.8 Å². The molecule has 0 radical (unpaired) electrons. The lowest BCUT2D eigenvalue weighted by Crippen LogP contribution is -2.23. The molecule has 1 atom stereocenters. The summed E-state index contributed by atoms with van der Waals surface area (Å²) in [7, 11) is 1.49. The molecule has 0 bridgehead atoms. The number of pyridine rings is 1. The first-order valence-corrected chi connectivity index (χ1v) is 8.93. The van der Waals surface area contributed by atoms with Gasteiger partial charge in [0.25, 0.3) is 0 Å². The summed E-state index contributed by atoms with van der Waals surface area (Å²) in [6.07, 6.45) is 0.568. The summed E-state index contributed by atoms with van der Waals surface area (Å²) in [4.78, 5) is 20.1. The fourth-order valence-corrected chi connectivity index (χ4v) is 3.58. The molecule has 0 amide bonds. The number of benzene rings is 1. The molecule has 3 heterocycles. The summed E-state index contributed by atoms with van der Waals surface area (Å²) < 4.78 is 48.7. The van der Waals surface area contributed by atoms with Crippen LogP contribution in [0.4, 0.5) is 24.8 Å². The Bertz CT molecular complexity index is 1160. The predicted molar refractivity (Wildman–Crippen MR) is 100 cm³/mol. The van der Waals surface area contributed by atoms with Crippen LogP contribution in [0.3, 0.4) is 0 Å². The van der Waals surface area contributed by atoms with Crippen LogP contribution in [0.5, 0.6) is 5.88 Å². The number of methoxy groups -OCH3 is 1. The van der Waals surface area contributed by atoms with E-state index in [4.69, 9.17) is 4.74 Å². The Morgan fingerprint density at radius 3 is 2.66 bits per heavy atom. The van der Waals surface area contributed by atoms with Crippen molar-refractivity contribution in [1.29, 1.82) is 0 Å². The van der Waals surface area contributed by atoms with Gasteiger partial charge < -0.3 is 14.6 Å². The largest absolute Gasteiger partial charge is 0.481 e. The number of anilines is 2. The van der Waals surface area contributed by atoms with Gasteiger partial charge in [-0.05, 0) is 31.9 Å². The Morgan fingerprint density at radius 2 is 1.97 bits per heavy atom. The number of fused-ring (bicyclic) bond motifs is 1. The number of hydrogen-bond donors (Lipinski definition) is 1. The highest BCUT2D eigenvalue weighted by molar-refractivity contribution is 5.58. The van der Waals surface area contributed by atoms with Crippen LogP contribution in [-0.4, -0.2) is 21.6 Å². The highest BCUT2D eigenvalue weighted by Crippen LogP contribution is 2.37. The van der Waals surface area contributed by atoms with Gasteiger partial charge in [-0.1, -0.05) is 6.07 Å². The fourth-order valence-electron chi connectivity index (χ4n) is 3.58. The van der Waals surface area contributed by atoms with Crippen molar-refractivity contribution in [3.8, 4) is 5.88 Å². The first kappa shape index (κ1) is 19.0. The van der Waals surface area contributed by atoms with E-state index in [2.05, 4.69) is 15.3 Å². The van der Waals surface area contributed by atoms with Gasteiger partial charge in [-0.2, -0.15) is 9.37 Å². The number of nitrogens with zero attached hydrogens (tertiary/aromatic N) is 3. The van der Waals surface area contributed by atoms with Crippen LogP contribution in [0.15, 0.2) is 35.1 Å². The molecule has 2 aromatic heterocycles. The normalized spacial score (nSPS) is 15.3. The summed E-state index contributed by atoms with van der Waals surface area (Å²) in [6, 6.07) is 5.93. The predicted octanol–water partition coefficient (Wildman–Crippen LogP) is 3.65. The molecular formula is C20H17F3N4O2. The Hall–Kier alpha value is -3.36. The van der Waals surface area contributed by atoms with Crippen molar-refractivity contribution in [2.45, 2.75) is 25.8 Å². The molecule has 1 N–H and O–H groups in total. The Balaban J connectivity index is 1.83. The maximum Gasteiger partial charge on any atom is 0.310 e. The summed E-state index contributed by atoms with van der Waals surface area (Å²) in [6.45, 7) is 1.73. The molecule has 9 heteroatoms. The molecule has 0 fully saturated rings. The van der Waals surface area contributed by atoms with Gasteiger partial charge in [0.2, 0.25) is 17.6 Å². The minimum absolute atomic E-state index is 0.0627. The lowest BCUT2D eigenvalue weighted by atomic mass is 10.0. The number of ether oxygens (including phenoxy) is 1. The second-order valence-corrected chi connectivity index (χ2v) is 6.70. The second-order valence-electron chi connectivity index (χ2n) is 6.70. The first-order valence-electron chi connectivity index (χ1n) is 8.93. The molecule has 1 aliphatic rings. The van der Waals surface area contributed by atoms with Crippen LogP contribution in [0.1, 0.15) is 29.4 Å². The Labute approximate surface area is 164 Å². The number of rotatable bonds is 4. The summed E-state index contributed by atoms with van der Waals surface area (Å²) in [5.41, 5.74) is 0.421. The van der Waals surface area contributed by atoms with Gasteiger partial charge in [-0.15, -0.1) is 0 Å². The number of hydrogen-bond acceptors (Lipinski definition) is 5. The lowest BCUT2D eigenvalue weighted by molar-refractivity contribution is 0.397. The van der Waals surface area contributed by atoms with Crippen molar-refractivity contribution < 1.29 is 17.9 Å². The number of aryl methyl sites for hydroxylation is 1. The van der Waals surface area contributed by atoms with E-state index in [1.165, 1.54) is 17.7 Å².